The first-order chi connectivity index (χ1) is 11.7. The Kier molecular flexibility index (Phi) is 7.14. The number of hydrogen-bond donors (Lipinski definition) is 1. The zero-order valence-electron chi connectivity index (χ0n) is 14.5. The molecule has 2 atom stereocenters. The highest BCUT2D eigenvalue weighted by Gasteiger charge is 2.33. The molecule has 0 aromatic heterocycles. The van der Waals surface area contributed by atoms with Gasteiger partial charge in [-0.3, -0.25) is 4.79 Å². The van der Waals surface area contributed by atoms with E-state index in [4.69, 9.17) is 23.2 Å². The van der Waals surface area contributed by atoms with E-state index in [1.54, 1.807) is 12.1 Å². The van der Waals surface area contributed by atoms with Crippen LogP contribution >= 0.6 is 23.2 Å². The van der Waals surface area contributed by atoms with Crippen molar-refractivity contribution in [2.45, 2.75) is 44.9 Å². The first-order valence-electron chi connectivity index (χ1n) is 8.45. The number of piperidine rings is 1. The highest BCUT2D eigenvalue weighted by atomic mass is 35.5. The molecule has 0 aliphatic carbocycles. The smallest absolute Gasteiger partial charge is 0.224 e. The highest BCUT2D eigenvalue weighted by molar-refractivity contribution is 7.88. The van der Waals surface area contributed by atoms with Crippen LogP contribution in [0.25, 0.3) is 0 Å². The number of amides is 1. The van der Waals surface area contributed by atoms with Gasteiger partial charge < -0.3 is 5.32 Å². The molecule has 0 saturated carbocycles. The van der Waals surface area contributed by atoms with E-state index in [9.17, 15) is 13.2 Å². The predicted octanol–water partition coefficient (Wildman–Crippen LogP) is 3.45. The second-order valence-corrected chi connectivity index (χ2v) is 9.32. The fraction of sp³-hybridized carbons (Fsp3) is 0.588. The van der Waals surface area contributed by atoms with E-state index in [1.807, 2.05) is 13.8 Å². The first kappa shape index (κ1) is 20.5. The Morgan fingerprint density at radius 2 is 2.12 bits per heavy atom. The van der Waals surface area contributed by atoms with E-state index >= 15 is 0 Å². The van der Waals surface area contributed by atoms with Crippen LogP contribution in [0, 0.1) is 5.92 Å². The third-order valence-electron chi connectivity index (χ3n) is 4.50. The molecular formula is C17H24Cl2N2O3S. The lowest BCUT2D eigenvalue weighted by Crippen LogP contribution is -2.47. The van der Waals surface area contributed by atoms with Crippen LogP contribution in [0.4, 0.5) is 0 Å². The van der Waals surface area contributed by atoms with Crippen molar-refractivity contribution in [2.24, 2.45) is 5.92 Å². The van der Waals surface area contributed by atoms with Gasteiger partial charge in [-0.05, 0) is 43.9 Å². The van der Waals surface area contributed by atoms with E-state index in [-0.39, 0.29) is 30.2 Å². The normalized spacial score (nSPS) is 20.2. The molecular weight excluding hydrogens is 383 g/mol. The molecule has 1 aromatic rings. The van der Waals surface area contributed by atoms with Crippen molar-refractivity contribution in [1.29, 1.82) is 0 Å². The quantitative estimate of drug-likeness (QED) is 0.786. The maximum Gasteiger partial charge on any atom is 0.224 e. The first-order valence-corrected chi connectivity index (χ1v) is 10.8. The van der Waals surface area contributed by atoms with Crippen LogP contribution in [0.15, 0.2) is 18.2 Å². The Balaban J connectivity index is 2.07. The summed E-state index contributed by atoms with van der Waals surface area (Å²) in [4.78, 5) is 12.3. The van der Waals surface area contributed by atoms with Crippen molar-refractivity contribution in [3.8, 4) is 0 Å². The molecule has 1 amide bonds. The number of carbonyl (C=O) groups is 1. The van der Waals surface area contributed by atoms with Crippen LogP contribution < -0.4 is 5.32 Å². The summed E-state index contributed by atoms with van der Waals surface area (Å²) in [6.45, 7) is 4.59. The van der Waals surface area contributed by atoms with E-state index < -0.39 is 10.0 Å². The van der Waals surface area contributed by atoms with Crippen LogP contribution in [0.1, 0.15) is 38.7 Å². The molecule has 1 heterocycles. The molecule has 1 saturated heterocycles. The highest BCUT2D eigenvalue weighted by Crippen LogP contribution is 2.26. The van der Waals surface area contributed by atoms with Crippen LogP contribution in [-0.4, -0.2) is 37.8 Å². The maximum absolute atomic E-state index is 12.7. The van der Waals surface area contributed by atoms with Crippen LogP contribution in [0.5, 0.6) is 0 Å². The van der Waals surface area contributed by atoms with Crippen molar-refractivity contribution >= 4 is 39.1 Å². The number of sulfonamides is 1. The van der Waals surface area contributed by atoms with Gasteiger partial charge in [-0.1, -0.05) is 36.2 Å². The largest absolute Gasteiger partial charge is 0.353 e. The second-order valence-electron chi connectivity index (χ2n) is 6.51. The van der Waals surface area contributed by atoms with Gasteiger partial charge in [-0.15, -0.1) is 0 Å². The molecule has 1 aliphatic rings. The third kappa shape index (κ3) is 5.58. The van der Waals surface area contributed by atoms with Gasteiger partial charge in [0.25, 0.3) is 0 Å². The van der Waals surface area contributed by atoms with Gasteiger partial charge in [0.05, 0.1) is 11.7 Å². The molecule has 1 fully saturated rings. The fourth-order valence-electron chi connectivity index (χ4n) is 2.80. The Bertz CT molecular complexity index is 725. The molecule has 2 rings (SSSR count). The SMILES string of the molecule is CC[C@@H](C)NC(=O)[C@H]1CCCN(S(=O)(=O)Cc2ccc(Cl)cc2Cl)C1. The van der Waals surface area contributed by atoms with E-state index in [0.29, 0.717) is 35.0 Å². The summed E-state index contributed by atoms with van der Waals surface area (Å²) in [5.74, 6) is -0.570. The van der Waals surface area contributed by atoms with Gasteiger partial charge in [0, 0.05) is 29.2 Å². The van der Waals surface area contributed by atoms with Gasteiger partial charge in [0.1, 0.15) is 0 Å². The zero-order valence-corrected chi connectivity index (χ0v) is 16.8. The van der Waals surface area contributed by atoms with Crippen molar-refractivity contribution < 1.29 is 13.2 Å². The monoisotopic (exact) mass is 406 g/mol. The van der Waals surface area contributed by atoms with Crippen LogP contribution in [0.2, 0.25) is 10.0 Å². The van der Waals surface area contributed by atoms with Gasteiger partial charge in [0.15, 0.2) is 0 Å². The molecule has 1 N–H and O–H groups in total. The van der Waals surface area contributed by atoms with Crippen LogP contribution in [-0.2, 0) is 20.6 Å². The molecule has 0 spiro atoms. The second kappa shape index (κ2) is 8.71. The van der Waals surface area contributed by atoms with E-state index in [1.165, 1.54) is 10.4 Å². The molecule has 8 heteroatoms. The molecule has 5 nitrogen and oxygen atoms in total. The van der Waals surface area contributed by atoms with Gasteiger partial charge in [-0.25, -0.2) is 12.7 Å². The van der Waals surface area contributed by atoms with Crippen molar-refractivity contribution in [3.05, 3.63) is 33.8 Å². The lowest BCUT2D eigenvalue weighted by atomic mass is 9.98. The lowest BCUT2D eigenvalue weighted by molar-refractivity contribution is -0.126. The maximum atomic E-state index is 12.7. The molecule has 1 aromatic carbocycles. The minimum absolute atomic E-state index is 0.0706. The Morgan fingerprint density at radius 1 is 1.40 bits per heavy atom. The number of nitrogens with one attached hydrogen (secondary N) is 1. The Hall–Kier alpha value is -0.820. The Morgan fingerprint density at radius 3 is 2.76 bits per heavy atom. The van der Waals surface area contributed by atoms with E-state index in [2.05, 4.69) is 5.32 Å². The summed E-state index contributed by atoms with van der Waals surface area (Å²) in [7, 11) is -3.55. The summed E-state index contributed by atoms with van der Waals surface area (Å²) in [5.41, 5.74) is 0.511. The van der Waals surface area contributed by atoms with Crippen molar-refractivity contribution in [3.63, 3.8) is 0 Å². The van der Waals surface area contributed by atoms with Crippen molar-refractivity contribution in [1.82, 2.24) is 9.62 Å². The third-order valence-corrected chi connectivity index (χ3v) is 6.88. The summed E-state index contributed by atoms with van der Waals surface area (Å²) in [6, 6.07) is 4.87. The summed E-state index contributed by atoms with van der Waals surface area (Å²) in [5, 5.41) is 3.74. The molecule has 1 aliphatic heterocycles. The van der Waals surface area contributed by atoms with E-state index in [0.717, 1.165) is 6.42 Å². The van der Waals surface area contributed by atoms with Gasteiger partial charge in [-0.2, -0.15) is 0 Å². The number of nitrogens with zero attached hydrogens (tertiary/aromatic N) is 1. The average Bonchev–Trinajstić information content (AvgIpc) is 2.57. The lowest BCUT2D eigenvalue weighted by Gasteiger charge is -2.32. The minimum atomic E-state index is -3.55. The number of benzene rings is 1. The molecule has 0 radical (unpaired) electrons. The number of hydrogen-bond acceptors (Lipinski definition) is 3. The summed E-state index contributed by atoms with van der Waals surface area (Å²) in [6.07, 6.45) is 2.22. The summed E-state index contributed by atoms with van der Waals surface area (Å²) >= 11 is 12.0. The predicted molar refractivity (Wildman–Crippen MR) is 101 cm³/mol. The van der Waals surface area contributed by atoms with Gasteiger partial charge in [0.2, 0.25) is 15.9 Å². The average molecular weight is 407 g/mol. The van der Waals surface area contributed by atoms with Crippen molar-refractivity contribution in [2.75, 3.05) is 13.1 Å². The van der Waals surface area contributed by atoms with Crippen LogP contribution in [0.3, 0.4) is 0 Å². The van der Waals surface area contributed by atoms with Gasteiger partial charge >= 0.3 is 0 Å². The molecule has 140 valence electrons. The molecule has 0 unspecified atom stereocenters. The number of halogens is 2. The molecule has 25 heavy (non-hydrogen) atoms. The topological polar surface area (TPSA) is 66.5 Å². The number of rotatable bonds is 6. The fourth-order valence-corrected chi connectivity index (χ4v) is 4.99. The zero-order chi connectivity index (χ0) is 18.6. The number of carbonyl (C=O) groups excluding carboxylic acids is 1. The molecule has 0 bridgehead atoms. The standard InChI is InChI=1S/C17H24Cl2N2O3S/c1-3-12(2)20-17(22)13-5-4-8-21(10-13)25(23,24)11-14-6-7-15(18)9-16(14)19/h6-7,9,12-13H,3-5,8,10-11H2,1-2H3,(H,20,22)/t12-,13+/m1/s1. The Labute approximate surface area is 159 Å². The minimum Gasteiger partial charge on any atom is -0.353 e. The summed E-state index contributed by atoms with van der Waals surface area (Å²) < 4.78 is 26.9.